The van der Waals surface area contributed by atoms with Crippen molar-refractivity contribution in [2.75, 3.05) is 19.6 Å². The molecule has 1 aromatic rings. The molecule has 2 fully saturated rings. The monoisotopic (exact) mass is 247 g/mol. The molecule has 1 N–H and O–H groups in total. The van der Waals surface area contributed by atoms with Gasteiger partial charge in [-0.25, -0.2) is 0 Å². The van der Waals surface area contributed by atoms with Gasteiger partial charge in [-0.1, -0.05) is 0 Å². The van der Waals surface area contributed by atoms with Crippen molar-refractivity contribution in [3.8, 4) is 0 Å². The molecule has 1 amide bonds. The van der Waals surface area contributed by atoms with Gasteiger partial charge >= 0.3 is 0 Å². The molecule has 3 heterocycles. The molecule has 2 aliphatic heterocycles. The number of piperidine rings is 1. The molecule has 0 atom stereocenters. The Hall–Kier alpha value is -1.29. The first-order valence-corrected chi connectivity index (χ1v) is 6.80. The summed E-state index contributed by atoms with van der Waals surface area (Å²) >= 11 is 0. The summed E-state index contributed by atoms with van der Waals surface area (Å²) in [5.74, 6) is 0.293. The Kier molecular flexibility index (Phi) is 2.90. The van der Waals surface area contributed by atoms with E-state index >= 15 is 0 Å². The Balaban J connectivity index is 1.60. The second kappa shape index (κ2) is 4.43. The third kappa shape index (κ3) is 1.94. The molecule has 0 saturated carbocycles. The van der Waals surface area contributed by atoms with Gasteiger partial charge in [0.25, 0.3) is 0 Å². The lowest BCUT2D eigenvalue weighted by molar-refractivity contribution is -0.130. The standard InChI is InChI=1S/C14H21N3O/c1-16-8-2-3-12(16)11-17-9-5-14(6-10-17)4-7-15-13(14)18/h2-3,8H,4-7,9-11H2,1H3,(H,15,18). The summed E-state index contributed by atoms with van der Waals surface area (Å²) in [5.41, 5.74) is 1.31. The van der Waals surface area contributed by atoms with Crippen molar-refractivity contribution < 1.29 is 4.79 Å². The maximum absolute atomic E-state index is 11.9. The van der Waals surface area contributed by atoms with Crippen LogP contribution in [0.5, 0.6) is 0 Å². The van der Waals surface area contributed by atoms with Crippen LogP contribution in [0.3, 0.4) is 0 Å². The highest BCUT2D eigenvalue weighted by Gasteiger charge is 2.44. The Labute approximate surface area is 108 Å². The maximum Gasteiger partial charge on any atom is 0.226 e. The van der Waals surface area contributed by atoms with Crippen LogP contribution >= 0.6 is 0 Å². The summed E-state index contributed by atoms with van der Waals surface area (Å²) in [5, 5.41) is 2.99. The van der Waals surface area contributed by atoms with E-state index in [-0.39, 0.29) is 5.41 Å². The molecule has 1 spiro atoms. The van der Waals surface area contributed by atoms with Crippen molar-refractivity contribution >= 4 is 5.91 Å². The van der Waals surface area contributed by atoms with Crippen LogP contribution < -0.4 is 5.32 Å². The number of hydrogen-bond acceptors (Lipinski definition) is 2. The van der Waals surface area contributed by atoms with Crippen LogP contribution in [0.25, 0.3) is 0 Å². The van der Waals surface area contributed by atoms with Gasteiger partial charge in [0.05, 0.1) is 5.41 Å². The molecule has 0 bridgehead atoms. The van der Waals surface area contributed by atoms with Crippen molar-refractivity contribution in [2.24, 2.45) is 12.5 Å². The molecule has 98 valence electrons. The van der Waals surface area contributed by atoms with E-state index in [4.69, 9.17) is 0 Å². The first-order chi connectivity index (χ1) is 8.70. The summed E-state index contributed by atoms with van der Waals surface area (Å²) in [7, 11) is 2.09. The minimum absolute atomic E-state index is 0.0370. The van der Waals surface area contributed by atoms with Gasteiger partial charge in [0, 0.05) is 32.0 Å². The minimum Gasteiger partial charge on any atom is -0.356 e. The average molecular weight is 247 g/mol. The molecule has 18 heavy (non-hydrogen) atoms. The number of nitrogens with one attached hydrogen (secondary N) is 1. The van der Waals surface area contributed by atoms with Crippen molar-refractivity contribution in [1.29, 1.82) is 0 Å². The first-order valence-electron chi connectivity index (χ1n) is 6.80. The van der Waals surface area contributed by atoms with Crippen LogP contribution in [-0.2, 0) is 18.4 Å². The van der Waals surface area contributed by atoms with Gasteiger partial charge < -0.3 is 9.88 Å². The van der Waals surface area contributed by atoms with E-state index < -0.39 is 0 Å². The van der Waals surface area contributed by atoms with Crippen LogP contribution in [0.2, 0.25) is 0 Å². The van der Waals surface area contributed by atoms with Crippen molar-refractivity contribution in [3.63, 3.8) is 0 Å². The molecule has 2 aliphatic rings. The molecule has 2 saturated heterocycles. The number of rotatable bonds is 2. The number of hydrogen-bond donors (Lipinski definition) is 1. The third-order valence-electron chi connectivity index (χ3n) is 4.62. The van der Waals surface area contributed by atoms with Crippen molar-refractivity contribution in [3.05, 3.63) is 24.0 Å². The fraction of sp³-hybridized carbons (Fsp3) is 0.643. The molecule has 0 unspecified atom stereocenters. The highest BCUT2D eigenvalue weighted by Crippen LogP contribution is 2.38. The second-order valence-electron chi connectivity index (χ2n) is 5.67. The molecule has 3 rings (SSSR count). The lowest BCUT2D eigenvalue weighted by Gasteiger charge is -2.37. The predicted molar refractivity (Wildman–Crippen MR) is 70.0 cm³/mol. The maximum atomic E-state index is 11.9. The number of likely N-dealkylation sites (tertiary alicyclic amines) is 1. The number of nitrogens with zero attached hydrogens (tertiary/aromatic N) is 2. The predicted octanol–water partition coefficient (Wildman–Crippen LogP) is 1.13. The number of carbonyl (C=O) groups excluding carboxylic acids is 1. The average Bonchev–Trinajstić information content (AvgIpc) is 2.92. The number of aryl methyl sites for hydroxylation is 1. The zero-order valence-electron chi connectivity index (χ0n) is 11.0. The summed E-state index contributed by atoms with van der Waals surface area (Å²) in [4.78, 5) is 14.4. The van der Waals surface area contributed by atoms with Crippen LogP contribution in [0.1, 0.15) is 25.0 Å². The highest BCUT2D eigenvalue weighted by molar-refractivity contribution is 5.84. The minimum atomic E-state index is -0.0370. The van der Waals surface area contributed by atoms with E-state index in [9.17, 15) is 4.79 Å². The molecule has 0 aliphatic carbocycles. The first kappa shape index (κ1) is 11.8. The Morgan fingerprint density at radius 3 is 2.67 bits per heavy atom. The van der Waals surface area contributed by atoms with E-state index in [1.807, 2.05) is 0 Å². The quantitative estimate of drug-likeness (QED) is 0.850. The lowest BCUT2D eigenvalue weighted by Crippen LogP contribution is -2.43. The molecular weight excluding hydrogens is 226 g/mol. The highest BCUT2D eigenvalue weighted by atomic mass is 16.2. The van der Waals surface area contributed by atoms with Crippen molar-refractivity contribution in [2.45, 2.75) is 25.8 Å². The summed E-state index contributed by atoms with van der Waals surface area (Å²) in [6.07, 6.45) is 5.15. The van der Waals surface area contributed by atoms with Gasteiger partial charge in [0.15, 0.2) is 0 Å². The summed E-state index contributed by atoms with van der Waals surface area (Å²) in [6.45, 7) is 3.95. The van der Waals surface area contributed by atoms with Gasteiger partial charge in [0.1, 0.15) is 0 Å². The van der Waals surface area contributed by atoms with E-state index in [0.717, 1.165) is 45.4 Å². The molecule has 4 nitrogen and oxygen atoms in total. The number of amides is 1. The number of carbonyl (C=O) groups is 1. The van der Waals surface area contributed by atoms with Crippen molar-refractivity contribution in [1.82, 2.24) is 14.8 Å². The van der Waals surface area contributed by atoms with Crippen LogP contribution in [-0.4, -0.2) is 35.0 Å². The number of aromatic nitrogens is 1. The topological polar surface area (TPSA) is 37.3 Å². The smallest absolute Gasteiger partial charge is 0.226 e. The Bertz CT molecular complexity index is 444. The van der Waals surface area contributed by atoms with E-state index in [1.54, 1.807) is 0 Å². The van der Waals surface area contributed by atoms with Crippen LogP contribution in [0.4, 0.5) is 0 Å². The fourth-order valence-electron chi connectivity index (χ4n) is 3.22. The normalized spacial score (nSPS) is 23.5. The van der Waals surface area contributed by atoms with E-state index in [1.165, 1.54) is 5.69 Å². The van der Waals surface area contributed by atoms with Crippen LogP contribution in [0.15, 0.2) is 18.3 Å². The third-order valence-corrected chi connectivity index (χ3v) is 4.62. The SMILES string of the molecule is Cn1cccc1CN1CCC2(CCNC2=O)CC1. The zero-order valence-corrected chi connectivity index (χ0v) is 11.0. The molecule has 1 aromatic heterocycles. The van der Waals surface area contributed by atoms with Gasteiger partial charge in [0.2, 0.25) is 5.91 Å². The largest absolute Gasteiger partial charge is 0.356 e. The van der Waals surface area contributed by atoms with Gasteiger partial charge in [-0.15, -0.1) is 0 Å². The second-order valence-corrected chi connectivity index (χ2v) is 5.67. The van der Waals surface area contributed by atoms with Gasteiger partial charge in [-0.3, -0.25) is 9.69 Å². The molecule has 0 radical (unpaired) electrons. The Morgan fingerprint density at radius 2 is 2.11 bits per heavy atom. The van der Waals surface area contributed by atoms with Gasteiger partial charge in [-0.05, 0) is 44.5 Å². The molecule has 4 heteroatoms. The lowest BCUT2D eigenvalue weighted by atomic mass is 9.77. The fourth-order valence-corrected chi connectivity index (χ4v) is 3.22. The molecule has 0 aromatic carbocycles. The Morgan fingerprint density at radius 1 is 1.33 bits per heavy atom. The van der Waals surface area contributed by atoms with E-state index in [2.05, 4.69) is 40.2 Å². The summed E-state index contributed by atoms with van der Waals surface area (Å²) < 4.78 is 2.17. The molecular formula is C14H21N3O. The van der Waals surface area contributed by atoms with E-state index in [0.29, 0.717) is 5.91 Å². The zero-order chi connectivity index (χ0) is 12.6. The summed E-state index contributed by atoms with van der Waals surface area (Å²) in [6, 6.07) is 4.26. The van der Waals surface area contributed by atoms with Crippen LogP contribution in [0, 0.1) is 5.41 Å². The van der Waals surface area contributed by atoms with Gasteiger partial charge in [-0.2, -0.15) is 0 Å².